The number of carbonyl (C=O) groups excluding carboxylic acids is 1. The average molecular weight is 340 g/mol. The van der Waals surface area contributed by atoms with Gasteiger partial charge in [0, 0.05) is 12.1 Å². The molecule has 2 heterocycles. The number of benzene rings is 1. The smallest absolute Gasteiger partial charge is 0.273 e. The lowest BCUT2D eigenvalue weighted by molar-refractivity contribution is 0.0914. The van der Waals surface area contributed by atoms with Crippen molar-refractivity contribution in [1.29, 1.82) is 0 Å². The molecule has 124 valence electrons. The first kappa shape index (κ1) is 17.4. The first-order chi connectivity index (χ1) is 10.6. The first-order valence-corrected chi connectivity index (χ1v) is 7.36. The van der Waals surface area contributed by atoms with Gasteiger partial charge in [-0.05, 0) is 50.6 Å². The van der Waals surface area contributed by atoms with Crippen molar-refractivity contribution in [2.45, 2.75) is 31.8 Å². The molecule has 1 amide bonds. The Bertz CT molecular complexity index is 660. The highest BCUT2D eigenvalue weighted by Gasteiger charge is 2.24. The van der Waals surface area contributed by atoms with Crippen LogP contribution in [0.25, 0.3) is 5.69 Å². The molecule has 1 aliphatic rings. The molecule has 1 aromatic carbocycles. The molecule has 2 atom stereocenters. The van der Waals surface area contributed by atoms with Gasteiger partial charge in [-0.2, -0.15) is 9.90 Å². The van der Waals surface area contributed by atoms with Gasteiger partial charge < -0.3 is 10.6 Å². The monoisotopic (exact) mass is 339 g/mol. The van der Waals surface area contributed by atoms with Crippen molar-refractivity contribution in [2.24, 2.45) is 0 Å². The Balaban J connectivity index is 0.00000192. The molecule has 1 fully saturated rings. The maximum Gasteiger partial charge on any atom is 0.273 e. The number of rotatable bonds is 3. The van der Waals surface area contributed by atoms with E-state index in [1.54, 1.807) is 12.1 Å². The minimum Gasteiger partial charge on any atom is -0.346 e. The van der Waals surface area contributed by atoms with Crippen molar-refractivity contribution in [2.75, 3.05) is 6.54 Å². The largest absolute Gasteiger partial charge is 0.346 e. The standard InChI is InChI=1S/C15H18FN5O.ClH/c1-10-13(3-2-8-17-10)19-15(22)14-9-18-21(20-14)12-6-4-11(16)5-7-12;/h4-7,9-10,13,17H,2-3,8H2,1H3,(H,19,22);1H. The number of amides is 1. The zero-order chi connectivity index (χ0) is 15.5. The molecule has 0 spiro atoms. The number of hydrogen-bond acceptors (Lipinski definition) is 4. The number of hydrogen-bond donors (Lipinski definition) is 2. The second kappa shape index (κ2) is 7.52. The summed E-state index contributed by atoms with van der Waals surface area (Å²) in [5.41, 5.74) is 0.857. The number of nitrogens with zero attached hydrogens (tertiary/aromatic N) is 3. The molecule has 6 nitrogen and oxygen atoms in total. The molecule has 2 N–H and O–H groups in total. The normalized spacial score (nSPS) is 20.6. The summed E-state index contributed by atoms with van der Waals surface area (Å²) in [6.45, 7) is 3.04. The Morgan fingerprint density at radius 2 is 2.13 bits per heavy atom. The predicted octanol–water partition coefficient (Wildman–Crippen LogP) is 1.70. The summed E-state index contributed by atoms with van der Waals surface area (Å²) in [4.78, 5) is 13.6. The fourth-order valence-corrected chi connectivity index (χ4v) is 2.55. The molecular weight excluding hydrogens is 321 g/mol. The predicted molar refractivity (Wildman–Crippen MR) is 86.5 cm³/mol. The summed E-state index contributed by atoms with van der Waals surface area (Å²) >= 11 is 0. The van der Waals surface area contributed by atoms with Crippen LogP contribution in [0.15, 0.2) is 30.5 Å². The molecule has 1 saturated heterocycles. The van der Waals surface area contributed by atoms with E-state index in [0.29, 0.717) is 5.69 Å². The summed E-state index contributed by atoms with van der Waals surface area (Å²) in [6, 6.07) is 6.11. The van der Waals surface area contributed by atoms with Crippen LogP contribution in [0, 0.1) is 5.82 Å². The van der Waals surface area contributed by atoms with E-state index in [1.165, 1.54) is 23.1 Å². The van der Waals surface area contributed by atoms with Crippen molar-refractivity contribution in [3.05, 3.63) is 42.0 Å². The molecule has 1 aliphatic heterocycles. The van der Waals surface area contributed by atoms with Crippen LogP contribution in [0.4, 0.5) is 4.39 Å². The van der Waals surface area contributed by atoms with E-state index in [-0.39, 0.29) is 41.9 Å². The second-order valence-corrected chi connectivity index (χ2v) is 5.46. The van der Waals surface area contributed by atoms with Crippen LogP contribution >= 0.6 is 12.4 Å². The number of halogens is 2. The fraction of sp³-hybridized carbons (Fsp3) is 0.400. The Kier molecular flexibility index (Phi) is 5.68. The summed E-state index contributed by atoms with van der Waals surface area (Å²) < 4.78 is 12.9. The van der Waals surface area contributed by atoms with Crippen LogP contribution < -0.4 is 10.6 Å². The third-order valence-electron chi connectivity index (χ3n) is 3.86. The maximum atomic E-state index is 12.9. The van der Waals surface area contributed by atoms with Crippen LogP contribution in [-0.2, 0) is 0 Å². The van der Waals surface area contributed by atoms with E-state index in [4.69, 9.17) is 0 Å². The molecule has 0 radical (unpaired) electrons. The number of nitrogens with one attached hydrogen (secondary N) is 2. The Hall–Kier alpha value is -1.99. The number of carbonyl (C=O) groups is 1. The SMILES string of the molecule is CC1NCCCC1NC(=O)c1cnn(-c2ccc(F)cc2)n1.Cl. The van der Waals surface area contributed by atoms with Crippen molar-refractivity contribution in [1.82, 2.24) is 25.6 Å². The van der Waals surface area contributed by atoms with E-state index in [2.05, 4.69) is 27.8 Å². The van der Waals surface area contributed by atoms with Crippen LogP contribution in [0.3, 0.4) is 0 Å². The lowest BCUT2D eigenvalue weighted by Gasteiger charge is -2.30. The Labute approximate surface area is 139 Å². The minimum atomic E-state index is -0.326. The third-order valence-corrected chi connectivity index (χ3v) is 3.86. The van der Waals surface area contributed by atoms with Gasteiger partial charge >= 0.3 is 0 Å². The van der Waals surface area contributed by atoms with E-state index < -0.39 is 0 Å². The lowest BCUT2D eigenvalue weighted by atomic mass is 10.00. The van der Waals surface area contributed by atoms with Crippen LogP contribution in [0.2, 0.25) is 0 Å². The van der Waals surface area contributed by atoms with E-state index in [9.17, 15) is 9.18 Å². The minimum absolute atomic E-state index is 0. The van der Waals surface area contributed by atoms with Gasteiger partial charge in [-0.3, -0.25) is 4.79 Å². The molecule has 2 unspecified atom stereocenters. The quantitative estimate of drug-likeness (QED) is 0.892. The molecule has 0 saturated carbocycles. The van der Waals surface area contributed by atoms with Crippen molar-refractivity contribution >= 4 is 18.3 Å². The van der Waals surface area contributed by atoms with Gasteiger partial charge in [0.1, 0.15) is 5.82 Å². The highest BCUT2D eigenvalue weighted by atomic mass is 35.5. The van der Waals surface area contributed by atoms with Crippen molar-refractivity contribution < 1.29 is 9.18 Å². The Morgan fingerprint density at radius 1 is 1.39 bits per heavy atom. The van der Waals surface area contributed by atoms with E-state index in [1.807, 2.05) is 0 Å². The number of piperidine rings is 1. The third kappa shape index (κ3) is 4.05. The first-order valence-electron chi connectivity index (χ1n) is 7.36. The molecule has 3 rings (SSSR count). The summed E-state index contributed by atoms with van der Waals surface area (Å²) in [5, 5.41) is 14.5. The summed E-state index contributed by atoms with van der Waals surface area (Å²) in [5.74, 6) is -0.568. The van der Waals surface area contributed by atoms with Crippen LogP contribution in [-0.4, -0.2) is 39.5 Å². The molecule has 0 aliphatic carbocycles. The fourth-order valence-electron chi connectivity index (χ4n) is 2.55. The highest BCUT2D eigenvalue weighted by Crippen LogP contribution is 2.10. The van der Waals surface area contributed by atoms with Gasteiger partial charge in [-0.25, -0.2) is 4.39 Å². The van der Waals surface area contributed by atoms with Gasteiger partial charge in [-0.1, -0.05) is 0 Å². The average Bonchev–Trinajstić information content (AvgIpc) is 3.00. The zero-order valence-corrected chi connectivity index (χ0v) is 13.5. The van der Waals surface area contributed by atoms with Gasteiger partial charge in [-0.15, -0.1) is 17.5 Å². The molecule has 2 aromatic rings. The molecule has 1 aromatic heterocycles. The zero-order valence-electron chi connectivity index (χ0n) is 12.7. The lowest BCUT2D eigenvalue weighted by Crippen LogP contribution is -2.52. The number of aromatic nitrogens is 3. The Morgan fingerprint density at radius 3 is 2.83 bits per heavy atom. The van der Waals surface area contributed by atoms with Crippen LogP contribution in [0.1, 0.15) is 30.3 Å². The topological polar surface area (TPSA) is 71.8 Å². The van der Waals surface area contributed by atoms with E-state index >= 15 is 0 Å². The van der Waals surface area contributed by atoms with Crippen molar-refractivity contribution in [3.8, 4) is 5.69 Å². The summed E-state index contributed by atoms with van der Waals surface area (Å²) in [6.07, 6.45) is 3.41. The van der Waals surface area contributed by atoms with Gasteiger partial charge in [0.25, 0.3) is 5.91 Å². The highest BCUT2D eigenvalue weighted by molar-refractivity contribution is 5.92. The molecule has 23 heavy (non-hydrogen) atoms. The van der Waals surface area contributed by atoms with Crippen molar-refractivity contribution in [3.63, 3.8) is 0 Å². The van der Waals surface area contributed by atoms with Gasteiger partial charge in [0.15, 0.2) is 5.69 Å². The van der Waals surface area contributed by atoms with Gasteiger partial charge in [0.05, 0.1) is 11.9 Å². The molecule has 0 bridgehead atoms. The van der Waals surface area contributed by atoms with Gasteiger partial charge in [0.2, 0.25) is 0 Å². The summed E-state index contributed by atoms with van der Waals surface area (Å²) in [7, 11) is 0. The molecule has 8 heteroatoms. The second-order valence-electron chi connectivity index (χ2n) is 5.46. The van der Waals surface area contributed by atoms with E-state index in [0.717, 1.165) is 19.4 Å². The maximum absolute atomic E-state index is 12.9. The van der Waals surface area contributed by atoms with Crippen LogP contribution in [0.5, 0.6) is 0 Å². The molecular formula is C15H19ClFN5O.